The molecule has 0 heterocycles. The van der Waals surface area contributed by atoms with Crippen molar-refractivity contribution in [3.05, 3.63) is 25.6 Å². The lowest BCUT2D eigenvalue weighted by Gasteiger charge is -2.24. The average Bonchev–Trinajstić information content (AvgIpc) is 1.95. The molecule has 0 spiro atoms. The van der Waals surface area contributed by atoms with Gasteiger partial charge in [-0.05, 0) is 20.8 Å². The van der Waals surface area contributed by atoms with Crippen LogP contribution in [-0.2, 0) is 4.84 Å². The molecule has 0 bridgehead atoms. The molecule has 0 saturated heterocycles. The molecule has 12 heavy (non-hydrogen) atoms. The summed E-state index contributed by atoms with van der Waals surface area (Å²) in [6, 6.07) is 0. The van der Waals surface area contributed by atoms with E-state index in [1.54, 1.807) is 0 Å². The van der Waals surface area contributed by atoms with Crippen molar-refractivity contribution in [2.45, 2.75) is 26.4 Å². The molecule has 0 aromatic heterocycles. The molecule has 0 atom stereocenters. The molecular formula is C9H16N2O. The molecule has 3 heteroatoms. The number of hydrogen-bond acceptors (Lipinski definition) is 2. The van der Waals surface area contributed by atoms with Gasteiger partial charge in [0.1, 0.15) is 6.34 Å². The normalized spacial score (nSPS) is 11.6. The van der Waals surface area contributed by atoms with Crippen LogP contribution >= 0.6 is 0 Å². The first-order valence-electron chi connectivity index (χ1n) is 3.74. The Bertz CT molecular complexity index is 179. The Morgan fingerprint density at radius 3 is 2.25 bits per heavy atom. The third kappa shape index (κ3) is 5.68. The largest absolute Gasteiger partial charge is 0.263 e. The summed E-state index contributed by atoms with van der Waals surface area (Å²) in [6.07, 6.45) is 4.48. The second-order valence-electron chi connectivity index (χ2n) is 3.19. The molecule has 0 aliphatic carbocycles. The summed E-state index contributed by atoms with van der Waals surface area (Å²) in [4.78, 5) is 9.20. The van der Waals surface area contributed by atoms with Gasteiger partial charge in [0, 0.05) is 12.4 Å². The lowest BCUT2D eigenvalue weighted by atomic mass is 10.2. The van der Waals surface area contributed by atoms with Crippen LogP contribution in [0, 0.1) is 0 Å². The van der Waals surface area contributed by atoms with Crippen molar-refractivity contribution in [3.63, 3.8) is 0 Å². The topological polar surface area (TPSA) is 24.8 Å². The highest BCUT2D eigenvalue weighted by atomic mass is 16.7. The highest BCUT2D eigenvalue weighted by molar-refractivity contribution is 5.55. The van der Waals surface area contributed by atoms with Gasteiger partial charge in [-0.3, -0.25) is 4.84 Å². The molecule has 0 fully saturated rings. The SMILES string of the molecule is C=CN=CN(C=C)OC(C)(C)C. The highest BCUT2D eigenvalue weighted by Crippen LogP contribution is 2.08. The molecule has 0 radical (unpaired) electrons. The van der Waals surface area contributed by atoms with Crippen molar-refractivity contribution in [3.8, 4) is 0 Å². The zero-order valence-electron chi connectivity index (χ0n) is 7.95. The van der Waals surface area contributed by atoms with Gasteiger partial charge in [0.25, 0.3) is 0 Å². The summed E-state index contributed by atoms with van der Waals surface area (Å²) in [5, 5.41) is 1.45. The first-order valence-corrected chi connectivity index (χ1v) is 3.74. The first-order chi connectivity index (χ1) is 5.49. The fourth-order valence-electron chi connectivity index (χ4n) is 0.537. The van der Waals surface area contributed by atoms with Crippen LogP contribution in [0.25, 0.3) is 0 Å². The molecule has 0 aliphatic heterocycles. The van der Waals surface area contributed by atoms with E-state index in [4.69, 9.17) is 4.84 Å². The molecule has 0 saturated carbocycles. The number of nitrogens with zero attached hydrogens (tertiary/aromatic N) is 2. The Kier molecular flexibility index (Phi) is 4.29. The third-order valence-electron chi connectivity index (χ3n) is 0.845. The summed E-state index contributed by atoms with van der Waals surface area (Å²) in [5.41, 5.74) is -0.249. The Hall–Kier alpha value is -1.09. The van der Waals surface area contributed by atoms with E-state index in [0.717, 1.165) is 0 Å². The molecule has 0 N–H and O–H groups in total. The molecule has 0 aliphatic rings. The van der Waals surface area contributed by atoms with Crippen LogP contribution < -0.4 is 0 Å². The Morgan fingerprint density at radius 1 is 1.33 bits per heavy atom. The molecular weight excluding hydrogens is 152 g/mol. The zero-order chi connectivity index (χ0) is 9.61. The van der Waals surface area contributed by atoms with Gasteiger partial charge in [-0.2, -0.15) is 0 Å². The van der Waals surface area contributed by atoms with Crippen LogP contribution in [0.15, 0.2) is 30.6 Å². The second-order valence-corrected chi connectivity index (χ2v) is 3.19. The van der Waals surface area contributed by atoms with Crippen molar-refractivity contribution in [2.75, 3.05) is 0 Å². The maximum absolute atomic E-state index is 5.41. The molecule has 0 amide bonds. The summed E-state index contributed by atoms with van der Waals surface area (Å²) in [7, 11) is 0. The van der Waals surface area contributed by atoms with Crippen LogP contribution in [-0.4, -0.2) is 17.0 Å². The van der Waals surface area contributed by atoms with Gasteiger partial charge in [-0.25, -0.2) is 10.1 Å². The molecule has 68 valence electrons. The minimum absolute atomic E-state index is 0.249. The predicted octanol–water partition coefficient (Wildman–Crippen LogP) is 2.33. The molecule has 0 unspecified atom stereocenters. The van der Waals surface area contributed by atoms with E-state index in [2.05, 4.69) is 18.2 Å². The van der Waals surface area contributed by atoms with Crippen LogP contribution in [0.5, 0.6) is 0 Å². The van der Waals surface area contributed by atoms with E-state index in [-0.39, 0.29) is 5.60 Å². The summed E-state index contributed by atoms with van der Waals surface area (Å²) in [5.74, 6) is 0. The monoisotopic (exact) mass is 168 g/mol. The average molecular weight is 168 g/mol. The van der Waals surface area contributed by atoms with Crippen LogP contribution in [0.3, 0.4) is 0 Å². The molecule has 3 nitrogen and oxygen atoms in total. The zero-order valence-corrected chi connectivity index (χ0v) is 7.95. The van der Waals surface area contributed by atoms with Crippen molar-refractivity contribution >= 4 is 6.34 Å². The van der Waals surface area contributed by atoms with Gasteiger partial charge >= 0.3 is 0 Å². The minimum Gasteiger partial charge on any atom is -0.263 e. The summed E-state index contributed by atoms with van der Waals surface area (Å²) >= 11 is 0. The van der Waals surface area contributed by atoms with Crippen LogP contribution in [0.4, 0.5) is 0 Å². The maximum Gasteiger partial charge on any atom is 0.121 e. The Morgan fingerprint density at radius 2 is 1.92 bits per heavy atom. The number of rotatable bonds is 4. The molecule has 0 aromatic carbocycles. The van der Waals surface area contributed by atoms with E-state index in [9.17, 15) is 0 Å². The minimum atomic E-state index is -0.249. The van der Waals surface area contributed by atoms with Crippen molar-refractivity contribution < 1.29 is 4.84 Å². The standard InChI is InChI=1S/C9H16N2O/c1-6-10-8-11(7-2)12-9(3,4)5/h6-8H,1-2H2,3-5H3. The van der Waals surface area contributed by atoms with Gasteiger partial charge in [0.2, 0.25) is 0 Å². The van der Waals surface area contributed by atoms with Gasteiger partial charge in [0.05, 0.1) is 5.60 Å². The van der Waals surface area contributed by atoms with Crippen molar-refractivity contribution in [2.24, 2.45) is 4.99 Å². The third-order valence-corrected chi connectivity index (χ3v) is 0.845. The smallest absolute Gasteiger partial charge is 0.121 e. The molecule has 0 rings (SSSR count). The van der Waals surface area contributed by atoms with E-state index < -0.39 is 0 Å². The molecule has 0 aromatic rings. The van der Waals surface area contributed by atoms with E-state index in [1.807, 2.05) is 20.8 Å². The Balaban J connectivity index is 4.09. The summed E-state index contributed by atoms with van der Waals surface area (Å²) < 4.78 is 0. The van der Waals surface area contributed by atoms with Crippen LogP contribution in [0.1, 0.15) is 20.8 Å². The number of aliphatic imine (C=N–C) groups is 1. The maximum atomic E-state index is 5.41. The van der Waals surface area contributed by atoms with Gasteiger partial charge in [-0.15, -0.1) is 0 Å². The van der Waals surface area contributed by atoms with Gasteiger partial charge in [0.15, 0.2) is 0 Å². The summed E-state index contributed by atoms with van der Waals surface area (Å²) in [6.45, 7) is 12.9. The lowest BCUT2D eigenvalue weighted by molar-refractivity contribution is -0.150. The Labute approximate surface area is 74.0 Å². The fraction of sp³-hybridized carbons (Fsp3) is 0.444. The van der Waals surface area contributed by atoms with Gasteiger partial charge in [-0.1, -0.05) is 13.2 Å². The number of hydrogen-bond donors (Lipinski definition) is 0. The number of hydroxylamine groups is 2. The quantitative estimate of drug-likeness (QED) is 0.365. The first kappa shape index (κ1) is 10.9. The highest BCUT2D eigenvalue weighted by Gasteiger charge is 2.12. The second kappa shape index (κ2) is 4.72. The van der Waals surface area contributed by atoms with Crippen LogP contribution in [0.2, 0.25) is 0 Å². The fourth-order valence-corrected chi connectivity index (χ4v) is 0.537. The van der Waals surface area contributed by atoms with E-state index in [1.165, 1.54) is 23.8 Å². The van der Waals surface area contributed by atoms with Crippen molar-refractivity contribution in [1.82, 2.24) is 5.06 Å². The van der Waals surface area contributed by atoms with E-state index in [0.29, 0.717) is 0 Å². The predicted molar refractivity (Wildman–Crippen MR) is 51.6 cm³/mol. The van der Waals surface area contributed by atoms with E-state index >= 15 is 0 Å². The van der Waals surface area contributed by atoms with Gasteiger partial charge < -0.3 is 0 Å². The lowest BCUT2D eigenvalue weighted by Crippen LogP contribution is -2.29. The van der Waals surface area contributed by atoms with Crippen molar-refractivity contribution in [1.29, 1.82) is 0 Å².